The first kappa shape index (κ1) is 16.2. The Hall–Kier alpha value is -1.65. The molecule has 2 aliphatic heterocycles. The van der Waals surface area contributed by atoms with Gasteiger partial charge < -0.3 is 9.80 Å². The van der Waals surface area contributed by atoms with Gasteiger partial charge in [-0.2, -0.15) is 0 Å². The topological polar surface area (TPSA) is 49.3 Å². The number of rotatable bonds is 2. The van der Waals surface area contributed by atoms with Crippen molar-refractivity contribution in [3.05, 3.63) is 17.5 Å². The van der Waals surface area contributed by atoms with Crippen LogP contribution in [0.3, 0.4) is 0 Å². The molecule has 2 fully saturated rings. The van der Waals surface area contributed by atoms with Crippen LogP contribution in [0.15, 0.2) is 6.07 Å². The number of piperidine rings is 1. The van der Waals surface area contributed by atoms with Crippen molar-refractivity contribution >= 4 is 11.9 Å². The van der Waals surface area contributed by atoms with Crippen molar-refractivity contribution in [1.29, 1.82) is 0 Å². The summed E-state index contributed by atoms with van der Waals surface area (Å²) in [6, 6.07) is 1.84. The molecule has 0 radical (unpaired) electrons. The molecular weight excluding hydrogens is 288 g/mol. The smallest absolute Gasteiger partial charge is 0.272 e. The number of hydrogen-bond acceptors (Lipinski definition) is 4. The maximum Gasteiger partial charge on any atom is 0.272 e. The number of amides is 1. The third-order valence-corrected chi connectivity index (χ3v) is 4.89. The van der Waals surface area contributed by atoms with E-state index in [1.807, 2.05) is 17.9 Å². The molecule has 126 valence electrons. The van der Waals surface area contributed by atoms with Crippen LogP contribution in [0.2, 0.25) is 0 Å². The summed E-state index contributed by atoms with van der Waals surface area (Å²) in [7, 11) is 0. The Kier molecular flexibility index (Phi) is 5.13. The molecule has 0 aliphatic carbocycles. The second-order valence-corrected chi connectivity index (χ2v) is 7.09. The van der Waals surface area contributed by atoms with Gasteiger partial charge in [-0.3, -0.25) is 4.79 Å². The largest absolute Gasteiger partial charge is 0.341 e. The van der Waals surface area contributed by atoms with Gasteiger partial charge in [0.25, 0.3) is 5.91 Å². The fourth-order valence-electron chi connectivity index (χ4n) is 3.61. The van der Waals surface area contributed by atoms with Crippen molar-refractivity contribution in [1.82, 2.24) is 14.9 Å². The summed E-state index contributed by atoms with van der Waals surface area (Å²) in [6.45, 7) is 7.87. The second-order valence-electron chi connectivity index (χ2n) is 7.09. The van der Waals surface area contributed by atoms with Gasteiger partial charge in [0.2, 0.25) is 5.95 Å². The summed E-state index contributed by atoms with van der Waals surface area (Å²) in [5.41, 5.74) is 1.44. The minimum Gasteiger partial charge on any atom is -0.341 e. The normalized spacial score (nSPS) is 22.8. The van der Waals surface area contributed by atoms with Gasteiger partial charge in [0.15, 0.2) is 0 Å². The molecule has 0 aromatic carbocycles. The number of aromatic nitrogens is 2. The predicted molar refractivity (Wildman–Crippen MR) is 91.8 cm³/mol. The highest BCUT2D eigenvalue weighted by Gasteiger charge is 2.24. The van der Waals surface area contributed by atoms with Crippen LogP contribution in [0, 0.1) is 12.8 Å². The molecule has 1 aromatic heterocycles. The number of carbonyl (C=O) groups excluding carboxylic acids is 1. The number of likely N-dealkylation sites (tertiary alicyclic amines) is 1. The van der Waals surface area contributed by atoms with Crippen LogP contribution in [-0.2, 0) is 0 Å². The minimum atomic E-state index is 0.0677. The highest BCUT2D eigenvalue weighted by molar-refractivity contribution is 5.92. The first-order valence-electron chi connectivity index (χ1n) is 9.03. The van der Waals surface area contributed by atoms with E-state index in [1.165, 1.54) is 32.1 Å². The van der Waals surface area contributed by atoms with Crippen LogP contribution in [0.1, 0.15) is 61.6 Å². The molecular formula is C18H28N4O. The molecule has 0 spiro atoms. The molecule has 2 saturated heterocycles. The van der Waals surface area contributed by atoms with E-state index >= 15 is 0 Å². The number of hydrogen-bond donors (Lipinski definition) is 0. The van der Waals surface area contributed by atoms with Gasteiger partial charge >= 0.3 is 0 Å². The van der Waals surface area contributed by atoms with E-state index in [1.54, 1.807) is 0 Å². The molecule has 2 aliphatic rings. The van der Waals surface area contributed by atoms with E-state index in [2.05, 4.69) is 21.8 Å². The third kappa shape index (κ3) is 4.01. The van der Waals surface area contributed by atoms with E-state index in [0.29, 0.717) is 11.6 Å². The zero-order valence-electron chi connectivity index (χ0n) is 14.4. The number of aryl methyl sites for hydroxylation is 1. The zero-order valence-corrected chi connectivity index (χ0v) is 14.4. The summed E-state index contributed by atoms with van der Waals surface area (Å²) >= 11 is 0. The lowest BCUT2D eigenvalue weighted by Crippen LogP contribution is -2.39. The average molecular weight is 316 g/mol. The van der Waals surface area contributed by atoms with Gasteiger partial charge in [-0.05, 0) is 44.6 Å². The van der Waals surface area contributed by atoms with Gasteiger partial charge in [-0.1, -0.05) is 19.8 Å². The Morgan fingerprint density at radius 1 is 1.09 bits per heavy atom. The molecule has 1 aromatic rings. The lowest BCUT2D eigenvalue weighted by molar-refractivity contribution is 0.0677. The standard InChI is InChI=1S/C18H28N4O/c1-14-8-7-11-22(13-14)17(23)16-12-15(2)19-18(20-16)21-9-5-3-4-6-10-21/h12,14H,3-11,13H2,1-2H3. The number of carbonyl (C=O) groups is 1. The van der Waals surface area contributed by atoms with Gasteiger partial charge in [0, 0.05) is 31.9 Å². The Labute approximate surface area is 139 Å². The Balaban J connectivity index is 1.80. The van der Waals surface area contributed by atoms with Crippen LogP contribution in [0.4, 0.5) is 5.95 Å². The number of anilines is 1. The first-order valence-corrected chi connectivity index (χ1v) is 9.03. The molecule has 0 saturated carbocycles. The van der Waals surface area contributed by atoms with Crippen molar-refractivity contribution in [2.75, 3.05) is 31.1 Å². The van der Waals surface area contributed by atoms with E-state index < -0.39 is 0 Å². The summed E-state index contributed by atoms with van der Waals surface area (Å²) in [5, 5.41) is 0. The summed E-state index contributed by atoms with van der Waals surface area (Å²) < 4.78 is 0. The van der Waals surface area contributed by atoms with Gasteiger partial charge in [-0.25, -0.2) is 9.97 Å². The maximum absolute atomic E-state index is 12.8. The van der Waals surface area contributed by atoms with Crippen LogP contribution in [-0.4, -0.2) is 47.0 Å². The van der Waals surface area contributed by atoms with Crippen molar-refractivity contribution in [2.45, 2.75) is 52.4 Å². The molecule has 3 heterocycles. The molecule has 23 heavy (non-hydrogen) atoms. The first-order chi connectivity index (χ1) is 11.1. The molecule has 0 bridgehead atoms. The Morgan fingerprint density at radius 3 is 2.52 bits per heavy atom. The lowest BCUT2D eigenvalue weighted by atomic mass is 10.00. The third-order valence-electron chi connectivity index (χ3n) is 4.89. The van der Waals surface area contributed by atoms with Crippen LogP contribution < -0.4 is 4.90 Å². The highest BCUT2D eigenvalue weighted by Crippen LogP contribution is 2.20. The second kappa shape index (κ2) is 7.28. The zero-order chi connectivity index (χ0) is 16.2. The molecule has 3 rings (SSSR count). The Bertz CT molecular complexity index is 552. The molecule has 1 atom stereocenters. The fraction of sp³-hybridized carbons (Fsp3) is 0.722. The summed E-state index contributed by atoms with van der Waals surface area (Å²) in [5.74, 6) is 1.39. The quantitative estimate of drug-likeness (QED) is 0.841. The molecule has 0 N–H and O–H groups in total. The molecule has 5 heteroatoms. The Morgan fingerprint density at radius 2 is 1.83 bits per heavy atom. The van der Waals surface area contributed by atoms with Crippen LogP contribution in [0.25, 0.3) is 0 Å². The van der Waals surface area contributed by atoms with Gasteiger partial charge in [-0.15, -0.1) is 0 Å². The summed E-state index contributed by atoms with van der Waals surface area (Å²) in [6.07, 6.45) is 7.23. The van der Waals surface area contributed by atoms with Crippen LogP contribution in [0.5, 0.6) is 0 Å². The fourth-order valence-corrected chi connectivity index (χ4v) is 3.61. The molecule has 5 nitrogen and oxygen atoms in total. The van der Waals surface area contributed by atoms with E-state index in [0.717, 1.165) is 44.2 Å². The monoisotopic (exact) mass is 316 g/mol. The van der Waals surface area contributed by atoms with Crippen LogP contribution >= 0.6 is 0 Å². The lowest BCUT2D eigenvalue weighted by Gasteiger charge is -2.31. The van der Waals surface area contributed by atoms with Gasteiger partial charge in [0.05, 0.1) is 0 Å². The van der Waals surface area contributed by atoms with Gasteiger partial charge in [0.1, 0.15) is 5.69 Å². The predicted octanol–water partition coefficient (Wildman–Crippen LogP) is 3.04. The molecule has 1 unspecified atom stereocenters. The van der Waals surface area contributed by atoms with E-state index in [4.69, 9.17) is 0 Å². The highest BCUT2D eigenvalue weighted by atomic mass is 16.2. The SMILES string of the molecule is Cc1cc(C(=O)N2CCCC(C)C2)nc(N2CCCCCC2)n1. The van der Waals surface area contributed by atoms with Crippen molar-refractivity contribution < 1.29 is 4.79 Å². The maximum atomic E-state index is 12.8. The van der Waals surface area contributed by atoms with Crippen molar-refractivity contribution in [2.24, 2.45) is 5.92 Å². The van der Waals surface area contributed by atoms with E-state index in [9.17, 15) is 4.79 Å². The minimum absolute atomic E-state index is 0.0677. The molecule has 1 amide bonds. The van der Waals surface area contributed by atoms with Crippen molar-refractivity contribution in [3.63, 3.8) is 0 Å². The van der Waals surface area contributed by atoms with E-state index in [-0.39, 0.29) is 5.91 Å². The number of nitrogens with zero attached hydrogens (tertiary/aromatic N) is 4. The van der Waals surface area contributed by atoms with Crippen molar-refractivity contribution in [3.8, 4) is 0 Å². The average Bonchev–Trinajstić information content (AvgIpc) is 2.83. The summed E-state index contributed by atoms with van der Waals surface area (Å²) in [4.78, 5) is 26.2.